The van der Waals surface area contributed by atoms with E-state index in [9.17, 15) is 4.57 Å². The molecule has 106 valence electrons. The molecular formula is C13H18BrO4P. The van der Waals surface area contributed by atoms with Gasteiger partial charge in [0.1, 0.15) is 9.97 Å². The number of methoxy groups -OCH3 is 1. The molecule has 0 amide bonds. The highest BCUT2D eigenvalue weighted by atomic mass is 79.9. The lowest BCUT2D eigenvalue weighted by atomic mass is 10.2. The van der Waals surface area contributed by atoms with Crippen molar-refractivity contribution in [1.29, 1.82) is 0 Å². The average Bonchev–Trinajstić information content (AvgIpc) is 2.40. The minimum atomic E-state index is -3.25. The van der Waals surface area contributed by atoms with Crippen LogP contribution < -0.4 is 4.74 Å². The van der Waals surface area contributed by atoms with E-state index in [-0.39, 0.29) is 0 Å². The van der Waals surface area contributed by atoms with E-state index in [1.165, 1.54) is 0 Å². The van der Waals surface area contributed by atoms with Gasteiger partial charge in [-0.1, -0.05) is 12.1 Å². The van der Waals surface area contributed by atoms with E-state index >= 15 is 0 Å². The lowest BCUT2D eigenvalue weighted by Crippen LogP contribution is -1.95. The van der Waals surface area contributed by atoms with Gasteiger partial charge < -0.3 is 13.8 Å². The Balaban J connectivity index is 2.97. The molecule has 0 atom stereocenters. The summed E-state index contributed by atoms with van der Waals surface area (Å²) in [6.07, 6.45) is 1.73. The molecule has 1 rings (SSSR count). The van der Waals surface area contributed by atoms with Gasteiger partial charge >= 0.3 is 7.60 Å². The molecule has 0 fully saturated rings. The Morgan fingerprint density at radius 3 is 2.16 bits per heavy atom. The topological polar surface area (TPSA) is 44.8 Å². The Bertz CT molecular complexity index is 460. The van der Waals surface area contributed by atoms with E-state index in [0.29, 0.717) is 17.4 Å². The maximum absolute atomic E-state index is 12.5. The second-order valence-electron chi connectivity index (χ2n) is 3.57. The van der Waals surface area contributed by atoms with E-state index in [1.54, 1.807) is 27.0 Å². The number of benzene rings is 1. The van der Waals surface area contributed by atoms with Gasteiger partial charge in [0.25, 0.3) is 0 Å². The fourth-order valence-corrected chi connectivity index (χ4v) is 3.60. The fraction of sp³-hybridized carbons (Fsp3) is 0.385. The van der Waals surface area contributed by atoms with Crippen molar-refractivity contribution < 1.29 is 18.3 Å². The highest BCUT2D eigenvalue weighted by molar-refractivity contribution is 9.13. The van der Waals surface area contributed by atoms with Crippen molar-refractivity contribution in [3.05, 3.63) is 34.1 Å². The van der Waals surface area contributed by atoms with Crippen LogP contribution >= 0.6 is 23.5 Å². The van der Waals surface area contributed by atoms with Gasteiger partial charge in [-0.15, -0.1) is 0 Å². The van der Waals surface area contributed by atoms with Crippen LogP contribution in [0.25, 0.3) is 6.08 Å². The molecule has 0 spiro atoms. The van der Waals surface area contributed by atoms with E-state index in [4.69, 9.17) is 13.8 Å². The predicted octanol–water partition coefficient (Wildman–Crippen LogP) is 4.65. The number of halogens is 1. The van der Waals surface area contributed by atoms with Gasteiger partial charge in [0.2, 0.25) is 0 Å². The van der Waals surface area contributed by atoms with Crippen molar-refractivity contribution in [2.75, 3.05) is 20.3 Å². The van der Waals surface area contributed by atoms with Gasteiger partial charge in [-0.3, -0.25) is 4.57 Å². The minimum Gasteiger partial charge on any atom is -0.497 e. The smallest absolute Gasteiger partial charge is 0.368 e. The third kappa shape index (κ3) is 4.77. The van der Waals surface area contributed by atoms with E-state index in [0.717, 1.165) is 11.3 Å². The maximum atomic E-state index is 12.5. The molecule has 0 unspecified atom stereocenters. The highest BCUT2D eigenvalue weighted by Crippen LogP contribution is 2.59. The van der Waals surface area contributed by atoms with Crippen molar-refractivity contribution in [2.24, 2.45) is 0 Å². The first-order valence-electron chi connectivity index (χ1n) is 5.96. The van der Waals surface area contributed by atoms with Crippen molar-refractivity contribution >= 4 is 29.6 Å². The summed E-state index contributed by atoms with van der Waals surface area (Å²) in [5.74, 6) is 0.770. The summed E-state index contributed by atoms with van der Waals surface area (Å²) in [5, 5.41) is 0. The summed E-state index contributed by atoms with van der Waals surface area (Å²) in [6, 6.07) is 7.39. The van der Waals surface area contributed by atoms with Crippen LogP contribution in [0.4, 0.5) is 0 Å². The molecule has 0 saturated heterocycles. The molecule has 0 aliphatic carbocycles. The molecule has 0 heterocycles. The SMILES string of the molecule is CCOP(=O)(OCC)/C(Br)=C/c1ccc(OC)cc1. The molecule has 6 heteroatoms. The summed E-state index contributed by atoms with van der Waals surface area (Å²) in [7, 11) is -1.64. The third-order valence-corrected chi connectivity index (χ3v) is 5.64. The molecule has 1 aromatic carbocycles. The van der Waals surface area contributed by atoms with Crippen LogP contribution in [-0.2, 0) is 13.6 Å². The zero-order valence-electron chi connectivity index (χ0n) is 11.3. The molecule has 0 aromatic heterocycles. The van der Waals surface area contributed by atoms with Gasteiger partial charge in [0, 0.05) is 0 Å². The first-order valence-corrected chi connectivity index (χ1v) is 8.30. The van der Waals surface area contributed by atoms with E-state index in [2.05, 4.69) is 15.9 Å². The van der Waals surface area contributed by atoms with Crippen LogP contribution in [0.15, 0.2) is 28.5 Å². The van der Waals surface area contributed by atoms with Crippen LogP contribution in [-0.4, -0.2) is 20.3 Å². The van der Waals surface area contributed by atoms with Crippen molar-refractivity contribution in [3.8, 4) is 5.75 Å². The minimum absolute atomic E-state index is 0.322. The lowest BCUT2D eigenvalue weighted by Gasteiger charge is -2.16. The average molecular weight is 349 g/mol. The monoisotopic (exact) mass is 348 g/mol. The standard InChI is InChI=1S/C13H18BrO4P/c1-4-17-19(15,18-5-2)13(14)10-11-6-8-12(16-3)9-7-11/h6-10H,4-5H2,1-3H3/b13-10+. The molecule has 0 bridgehead atoms. The Kier molecular flexibility index (Phi) is 6.80. The highest BCUT2D eigenvalue weighted by Gasteiger charge is 2.27. The van der Waals surface area contributed by atoms with Gasteiger partial charge in [0.05, 0.1) is 20.3 Å². The van der Waals surface area contributed by atoms with Crippen LogP contribution in [0.2, 0.25) is 0 Å². The molecule has 0 aliphatic rings. The van der Waals surface area contributed by atoms with Crippen LogP contribution in [0.3, 0.4) is 0 Å². The van der Waals surface area contributed by atoms with Crippen LogP contribution in [0.1, 0.15) is 19.4 Å². The van der Waals surface area contributed by atoms with Gasteiger partial charge in [-0.25, -0.2) is 0 Å². The second kappa shape index (κ2) is 7.85. The summed E-state index contributed by atoms with van der Waals surface area (Å²) in [4.78, 5) is 0. The summed E-state index contributed by atoms with van der Waals surface area (Å²) in [6.45, 7) is 4.20. The number of hydrogen-bond donors (Lipinski definition) is 0. The molecule has 19 heavy (non-hydrogen) atoms. The van der Waals surface area contributed by atoms with Crippen LogP contribution in [0.5, 0.6) is 5.75 Å². The Hall–Kier alpha value is -0.610. The zero-order valence-corrected chi connectivity index (χ0v) is 13.7. The Labute approximate surface area is 122 Å². The number of hydrogen-bond acceptors (Lipinski definition) is 4. The van der Waals surface area contributed by atoms with Gasteiger partial charge in [-0.2, -0.15) is 0 Å². The van der Waals surface area contributed by atoms with Gasteiger partial charge in [-0.05, 0) is 53.5 Å². The number of ether oxygens (including phenoxy) is 1. The predicted molar refractivity (Wildman–Crippen MR) is 80.8 cm³/mol. The van der Waals surface area contributed by atoms with Gasteiger partial charge in [0.15, 0.2) is 0 Å². The summed E-state index contributed by atoms with van der Waals surface area (Å²) in [5.41, 5.74) is 0.882. The van der Waals surface area contributed by atoms with Crippen LogP contribution in [0, 0.1) is 0 Å². The first-order chi connectivity index (χ1) is 9.05. The van der Waals surface area contributed by atoms with E-state index < -0.39 is 7.60 Å². The first kappa shape index (κ1) is 16.4. The molecule has 0 N–H and O–H groups in total. The lowest BCUT2D eigenvalue weighted by molar-refractivity contribution is 0.228. The Morgan fingerprint density at radius 1 is 1.21 bits per heavy atom. The largest absolute Gasteiger partial charge is 0.497 e. The summed E-state index contributed by atoms with van der Waals surface area (Å²) < 4.78 is 28.4. The molecular weight excluding hydrogens is 331 g/mol. The normalized spacial score (nSPS) is 12.5. The third-order valence-electron chi connectivity index (χ3n) is 2.26. The quantitative estimate of drug-likeness (QED) is 0.672. The van der Waals surface area contributed by atoms with Crippen molar-refractivity contribution in [1.82, 2.24) is 0 Å². The zero-order chi connectivity index (χ0) is 14.3. The van der Waals surface area contributed by atoms with Crippen molar-refractivity contribution in [2.45, 2.75) is 13.8 Å². The molecule has 0 saturated carbocycles. The molecule has 4 nitrogen and oxygen atoms in total. The molecule has 0 aliphatic heterocycles. The maximum Gasteiger partial charge on any atom is 0.368 e. The molecule has 0 radical (unpaired) electrons. The number of rotatable bonds is 7. The van der Waals surface area contributed by atoms with E-state index in [1.807, 2.05) is 24.3 Å². The second-order valence-corrected chi connectivity index (χ2v) is 7.03. The van der Waals surface area contributed by atoms with Crippen molar-refractivity contribution in [3.63, 3.8) is 0 Å². The molecule has 1 aromatic rings. The Morgan fingerprint density at radius 2 is 1.74 bits per heavy atom. The fourth-order valence-electron chi connectivity index (χ4n) is 1.42. The summed E-state index contributed by atoms with van der Waals surface area (Å²) >= 11 is 3.29.